The summed E-state index contributed by atoms with van der Waals surface area (Å²) in [5, 5.41) is 11.1. The van der Waals surface area contributed by atoms with Crippen molar-refractivity contribution in [3.05, 3.63) is 27.9 Å². The van der Waals surface area contributed by atoms with E-state index < -0.39 is 6.17 Å². The quantitative estimate of drug-likeness (QED) is 0.796. The van der Waals surface area contributed by atoms with Crippen LogP contribution in [0.4, 0.5) is 4.39 Å². The van der Waals surface area contributed by atoms with Gasteiger partial charge in [0.05, 0.1) is 16.7 Å². The smallest absolute Gasteiger partial charge is 0.233 e. The molecular weight excluding hydrogens is 329 g/mol. The van der Waals surface area contributed by atoms with Crippen LogP contribution in [0.5, 0.6) is 0 Å². The Morgan fingerprint density at radius 2 is 2.25 bits per heavy atom. The number of likely N-dealkylation sites (N-methyl/N-ethyl adjacent to an activating group) is 1. The fraction of sp³-hybridized carbons (Fsp3) is 0.688. The molecule has 0 spiro atoms. The summed E-state index contributed by atoms with van der Waals surface area (Å²) in [5.74, 6) is 1.17. The van der Waals surface area contributed by atoms with Crippen LogP contribution in [0.25, 0.3) is 0 Å². The van der Waals surface area contributed by atoms with Crippen molar-refractivity contribution < 1.29 is 8.81 Å². The van der Waals surface area contributed by atoms with Crippen LogP contribution in [0.1, 0.15) is 41.9 Å². The summed E-state index contributed by atoms with van der Waals surface area (Å²) < 4.78 is 19.5. The number of aromatic nitrogens is 3. The zero-order chi connectivity index (χ0) is 17.3. The van der Waals surface area contributed by atoms with Gasteiger partial charge >= 0.3 is 0 Å². The molecule has 3 atom stereocenters. The van der Waals surface area contributed by atoms with E-state index in [-0.39, 0.29) is 12.1 Å². The number of hydrogen-bond acceptors (Lipinski definition) is 7. The van der Waals surface area contributed by atoms with Crippen LogP contribution in [0.2, 0.25) is 0 Å². The summed E-state index contributed by atoms with van der Waals surface area (Å²) in [6.07, 6.45) is -0.215. The molecule has 0 saturated carbocycles. The molecule has 0 bridgehead atoms. The van der Waals surface area contributed by atoms with Crippen LogP contribution < -0.4 is 0 Å². The first-order valence-corrected chi connectivity index (χ1v) is 9.09. The predicted octanol–water partition coefficient (Wildman–Crippen LogP) is 2.75. The predicted molar refractivity (Wildman–Crippen MR) is 90.6 cm³/mol. The van der Waals surface area contributed by atoms with E-state index in [1.54, 1.807) is 18.3 Å². The fourth-order valence-corrected chi connectivity index (χ4v) is 3.76. The molecule has 24 heavy (non-hydrogen) atoms. The lowest BCUT2D eigenvalue weighted by Crippen LogP contribution is -2.39. The van der Waals surface area contributed by atoms with Gasteiger partial charge in [-0.2, -0.15) is 0 Å². The summed E-state index contributed by atoms with van der Waals surface area (Å²) in [4.78, 5) is 8.85. The van der Waals surface area contributed by atoms with Crippen molar-refractivity contribution in [2.45, 2.75) is 52.0 Å². The van der Waals surface area contributed by atoms with Gasteiger partial charge in [0.2, 0.25) is 11.8 Å². The summed E-state index contributed by atoms with van der Waals surface area (Å²) in [5.41, 5.74) is 1.03. The van der Waals surface area contributed by atoms with Crippen LogP contribution in [0.3, 0.4) is 0 Å². The highest BCUT2D eigenvalue weighted by atomic mass is 32.1. The Kier molecular flexibility index (Phi) is 5.27. The van der Waals surface area contributed by atoms with Crippen molar-refractivity contribution in [1.29, 1.82) is 0 Å². The zero-order valence-corrected chi connectivity index (χ0v) is 15.4. The van der Waals surface area contributed by atoms with Gasteiger partial charge in [-0.1, -0.05) is 0 Å². The maximum Gasteiger partial charge on any atom is 0.233 e. The van der Waals surface area contributed by atoms with Gasteiger partial charge in [0.1, 0.15) is 6.17 Å². The first-order valence-electron chi connectivity index (χ1n) is 8.21. The minimum atomic E-state index is -0.774. The Morgan fingerprint density at radius 1 is 1.46 bits per heavy atom. The highest BCUT2D eigenvalue weighted by Gasteiger charge is 2.34. The van der Waals surface area contributed by atoms with Crippen molar-refractivity contribution in [3.8, 4) is 0 Å². The molecule has 3 heterocycles. The second-order valence-corrected chi connectivity index (χ2v) is 7.61. The van der Waals surface area contributed by atoms with Gasteiger partial charge in [-0.25, -0.2) is 9.37 Å². The third-order valence-electron chi connectivity index (χ3n) is 4.57. The highest BCUT2D eigenvalue weighted by Crippen LogP contribution is 2.26. The number of nitrogens with zero attached hydrogens (tertiary/aromatic N) is 5. The van der Waals surface area contributed by atoms with Gasteiger partial charge in [-0.15, -0.1) is 21.5 Å². The maximum atomic E-state index is 14.0. The first-order chi connectivity index (χ1) is 11.4. The molecule has 1 saturated heterocycles. The van der Waals surface area contributed by atoms with Crippen LogP contribution >= 0.6 is 11.3 Å². The summed E-state index contributed by atoms with van der Waals surface area (Å²) in [6.45, 7) is 7.75. The zero-order valence-electron chi connectivity index (χ0n) is 14.6. The normalized spacial score (nSPS) is 23.2. The number of likely N-dealkylation sites (tertiary alicyclic amines) is 1. The van der Waals surface area contributed by atoms with E-state index in [1.807, 2.05) is 20.9 Å². The molecule has 1 aliphatic rings. The van der Waals surface area contributed by atoms with E-state index in [2.05, 4.69) is 30.4 Å². The Morgan fingerprint density at radius 3 is 2.88 bits per heavy atom. The second kappa shape index (κ2) is 7.25. The molecule has 1 fully saturated rings. The fourth-order valence-electron chi connectivity index (χ4n) is 3.15. The van der Waals surface area contributed by atoms with E-state index in [0.717, 1.165) is 17.2 Å². The third-order valence-corrected chi connectivity index (χ3v) is 5.39. The lowest BCUT2D eigenvalue weighted by Gasteiger charge is -2.30. The average molecular weight is 353 g/mol. The first kappa shape index (κ1) is 17.4. The molecule has 6 nitrogen and oxygen atoms in total. The molecule has 1 aliphatic heterocycles. The van der Waals surface area contributed by atoms with Crippen molar-refractivity contribution in [1.82, 2.24) is 25.0 Å². The van der Waals surface area contributed by atoms with E-state index in [0.29, 0.717) is 31.3 Å². The highest BCUT2D eigenvalue weighted by molar-refractivity contribution is 7.09. The Bertz CT molecular complexity index is 675. The number of rotatable bonds is 6. The summed E-state index contributed by atoms with van der Waals surface area (Å²) in [6, 6.07) is 0.173. The van der Waals surface area contributed by atoms with E-state index >= 15 is 0 Å². The largest absolute Gasteiger partial charge is 0.424 e. The lowest BCUT2D eigenvalue weighted by atomic mass is 10.1. The van der Waals surface area contributed by atoms with Gasteiger partial charge in [0.25, 0.3) is 0 Å². The molecule has 0 N–H and O–H groups in total. The molecule has 8 heteroatoms. The number of aryl methyl sites for hydroxylation is 2. The number of thiazole rings is 1. The number of hydrogen-bond donors (Lipinski definition) is 0. The molecule has 0 amide bonds. The molecular formula is C16H24FN5OS. The molecule has 0 radical (unpaired) electrons. The molecule has 2 aromatic rings. The molecule has 0 aromatic carbocycles. The SMILES string of the molecule is Cc1nnc(C(C)N(C)C[C@@H]2C[C@H](F)CN2Cc2csc(C)n2)o1. The average Bonchev–Trinajstić information content (AvgIpc) is 3.21. The van der Waals surface area contributed by atoms with Crippen LogP contribution in [-0.4, -0.2) is 57.3 Å². The summed E-state index contributed by atoms with van der Waals surface area (Å²) in [7, 11) is 2.01. The number of alkyl halides is 1. The molecule has 0 aliphatic carbocycles. The Labute approximate surface area is 145 Å². The second-order valence-electron chi connectivity index (χ2n) is 6.55. The molecule has 3 rings (SSSR count). The van der Waals surface area contributed by atoms with E-state index in [1.165, 1.54) is 0 Å². The Balaban J connectivity index is 1.63. The van der Waals surface area contributed by atoms with Gasteiger partial charge in [-0.05, 0) is 27.3 Å². The van der Waals surface area contributed by atoms with Crippen molar-refractivity contribution in [2.24, 2.45) is 0 Å². The van der Waals surface area contributed by atoms with Crippen molar-refractivity contribution >= 4 is 11.3 Å². The Hall–Kier alpha value is -1.38. The van der Waals surface area contributed by atoms with Crippen molar-refractivity contribution in [3.63, 3.8) is 0 Å². The molecule has 1 unspecified atom stereocenters. The molecule has 132 valence electrons. The van der Waals surface area contributed by atoms with Gasteiger partial charge in [0.15, 0.2) is 0 Å². The van der Waals surface area contributed by atoms with E-state index in [9.17, 15) is 4.39 Å². The van der Waals surface area contributed by atoms with Crippen LogP contribution in [0.15, 0.2) is 9.80 Å². The summed E-state index contributed by atoms with van der Waals surface area (Å²) >= 11 is 1.64. The minimum Gasteiger partial charge on any atom is -0.424 e. The van der Waals surface area contributed by atoms with Crippen LogP contribution in [0, 0.1) is 13.8 Å². The van der Waals surface area contributed by atoms with Crippen molar-refractivity contribution in [2.75, 3.05) is 20.1 Å². The van der Waals surface area contributed by atoms with Gasteiger partial charge in [0, 0.05) is 38.0 Å². The number of halogens is 1. The minimum absolute atomic E-state index is 0.00762. The molecule has 2 aromatic heterocycles. The monoisotopic (exact) mass is 353 g/mol. The van der Waals surface area contributed by atoms with Gasteiger partial charge in [-0.3, -0.25) is 9.80 Å². The standard InChI is InChI=1S/C16H24FN5OS/c1-10(16-20-19-11(2)23-16)21(4)8-15-5-13(17)6-22(15)7-14-9-24-12(3)18-14/h9-10,13,15H,5-8H2,1-4H3/t10?,13-,15-/m0/s1. The third kappa shape index (κ3) is 3.99. The lowest BCUT2D eigenvalue weighted by molar-refractivity contribution is 0.146. The van der Waals surface area contributed by atoms with E-state index in [4.69, 9.17) is 4.42 Å². The van der Waals surface area contributed by atoms with Crippen LogP contribution in [-0.2, 0) is 6.54 Å². The topological polar surface area (TPSA) is 58.3 Å². The van der Waals surface area contributed by atoms with Gasteiger partial charge < -0.3 is 4.42 Å². The maximum absolute atomic E-state index is 14.0.